The van der Waals surface area contributed by atoms with Crippen LogP contribution in [0, 0.1) is 5.92 Å². The highest BCUT2D eigenvalue weighted by molar-refractivity contribution is 5.89. The fourth-order valence-electron chi connectivity index (χ4n) is 4.19. The number of amides is 2. The highest BCUT2D eigenvalue weighted by atomic mass is 16.2. The van der Waals surface area contributed by atoms with Crippen LogP contribution >= 0.6 is 0 Å². The molecule has 0 bridgehead atoms. The number of para-hydroxylation sites is 2. The van der Waals surface area contributed by atoms with Gasteiger partial charge in [0.25, 0.3) is 0 Å². The molecule has 2 aromatic rings. The summed E-state index contributed by atoms with van der Waals surface area (Å²) in [5.41, 5.74) is 2.06. The van der Waals surface area contributed by atoms with Gasteiger partial charge in [0.2, 0.25) is 11.8 Å². The molecule has 2 aliphatic heterocycles. The second-order valence-electron chi connectivity index (χ2n) is 7.24. The third-order valence-corrected chi connectivity index (χ3v) is 5.60. The molecule has 0 N–H and O–H groups in total. The van der Waals surface area contributed by atoms with Crippen LogP contribution in [0.1, 0.15) is 37.5 Å². The number of rotatable bonds is 2. The van der Waals surface area contributed by atoms with Crippen molar-refractivity contribution in [3.63, 3.8) is 0 Å². The Morgan fingerprint density at radius 3 is 2.72 bits per heavy atom. The van der Waals surface area contributed by atoms with Crippen molar-refractivity contribution in [2.75, 3.05) is 20.1 Å². The number of nitrogens with zero attached hydrogens (tertiary/aromatic N) is 4. The lowest BCUT2D eigenvalue weighted by molar-refractivity contribution is -0.139. The summed E-state index contributed by atoms with van der Waals surface area (Å²) in [6, 6.07) is 8.07. The molecule has 3 heterocycles. The van der Waals surface area contributed by atoms with E-state index in [0.717, 1.165) is 42.7 Å². The molecule has 2 fully saturated rings. The van der Waals surface area contributed by atoms with Crippen LogP contribution in [-0.4, -0.2) is 51.3 Å². The van der Waals surface area contributed by atoms with Crippen molar-refractivity contribution in [3.8, 4) is 0 Å². The first-order valence-electron chi connectivity index (χ1n) is 9.02. The van der Waals surface area contributed by atoms with Gasteiger partial charge in [0.15, 0.2) is 0 Å². The van der Waals surface area contributed by atoms with E-state index in [0.29, 0.717) is 13.0 Å². The van der Waals surface area contributed by atoms with Gasteiger partial charge in [-0.15, -0.1) is 0 Å². The molecule has 2 aliphatic rings. The van der Waals surface area contributed by atoms with Gasteiger partial charge < -0.3 is 14.4 Å². The van der Waals surface area contributed by atoms with Crippen molar-refractivity contribution in [1.82, 2.24) is 19.4 Å². The Kier molecular flexibility index (Phi) is 3.98. The first kappa shape index (κ1) is 16.1. The molecule has 1 aromatic heterocycles. The first-order chi connectivity index (χ1) is 12.1. The highest BCUT2D eigenvalue weighted by Crippen LogP contribution is 2.34. The number of piperidine rings is 1. The molecule has 0 unspecified atom stereocenters. The lowest BCUT2D eigenvalue weighted by Gasteiger charge is -2.36. The standard InChI is InChI=1S/C19H24N4O2/c1-21-12-13(11-17(21)24)19(25)23-10-6-5-9-16(23)18-20-14-7-3-4-8-15(14)22(18)2/h3-4,7-8,13,16H,5-6,9-12H2,1-2H3/t13-,16+/m0/s1. The zero-order valence-electron chi connectivity index (χ0n) is 14.8. The monoisotopic (exact) mass is 340 g/mol. The molecule has 4 rings (SSSR count). The number of imidazole rings is 1. The quantitative estimate of drug-likeness (QED) is 0.841. The minimum absolute atomic E-state index is 0.000317. The molecular weight excluding hydrogens is 316 g/mol. The fraction of sp³-hybridized carbons (Fsp3) is 0.526. The molecule has 6 nitrogen and oxygen atoms in total. The van der Waals surface area contributed by atoms with Gasteiger partial charge in [-0.05, 0) is 31.4 Å². The zero-order valence-corrected chi connectivity index (χ0v) is 14.8. The van der Waals surface area contributed by atoms with E-state index in [-0.39, 0.29) is 23.8 Å². The predicted octanol–water partition coefficient (Wildman–Crippen LogP) is 2.11. The average molecular weight is 340 g/mol. The normalized spacial score (nSPS) is 24.3. The topological polar surface area (TPSA) is 58.4 Å². The van der Waals surface area contributed by atoms with Crippen LogP contribution in [0.15, 0.2) is 24.3 Å². The van der Waals surface area contributed by atoms with Crippen LogP contribution in [-0.2, 0) is 16.6 Å². The van der Waals surface area contributed by atoms with E-state index in [1.807, 2.05) is 30.1 Å². The number of fused-ring (bicyclic) bond motifs is 1. The van der Waals surface area contributed by atoms with E-state index >= 15 is 0 Å². The number of hydrogen-bond acceptors (Lipinski definition) is 3. The molecule has 0 aliphatic carbocycles. The lowest BCUT2D eigenvalue weighted by atomic mass is 9.98. The van der Waals surface area contributed by atoms with Gasteiger partial charge in [0.05, 0.1) is 23.0 Å². The smallest absolute Gasteiger partial charge is 0.228 e. The second kappa shape index (κ2) is 6.17. The first-order valence-corrected chi connectivity index (χ1v) is 9.02. The van der Waals surface area contributed by atoms with Gasteiger partial charge in [-0.25, -0.2) is 4.98 Å². The number of hydrogen-bond donors (Lipinski definition) is 0. The third-order valence-electron chi connectivity index (χ3n) is 5.60. The van der Waals surface area contributed by atoms with Gasteiger partial charge in [-0.3, -0.25) is 9.59 Å². The SMILES string of the molecule is CN1C[C@@H](C(=O)N2CCCC[C@@H]2c2nc3ccccc3n2C)CC1=O. The maximum Gasteiger partial charge on any atom is 0.228 e. The molecule has 1 aromatic carbocycles. The van der Waals surface area contributed by atoms with Crippen molar-refractivity contribution in [1.29, 1.82) is 0 Å². The Morgan fingerprint density at radius 2 is 2.00 bits per heavy atom. The second-order valence-corrected chi connectivity index (χ2v) is 7.24. The minimum Gasteiger partial charge on any atom is -0.345 e. The molecule has 0 radical (unpaired) electrons. The zero-order chi connectivity index (χ0) is 17.6. The lowest BCUT2D eigenvalue weighted by Crippen LogP contribution is -2.43. The highest BCUT2D eigenvalue weighted by Gasteiger charge is 2.39. The Balaban J connectivity index is 1.66. The van der Waals surface area contributed by atoms with Crippen molar-refractivity contribution in [2.24, 2.45) is 13.0 Å². The maximum absolute atomic E-state index is 13.1. The van der Waals surface area contributed by atoms with E-state index < -0.39 is 0 Å². The number of likely N-dealkylation sites (tertiary alicyclic amines) is 2. The van der Waals surface area contributed by atoms with Crippen molar-refractivity contribution >= 4 is 22.8 Å². The van der Waals surface area contributed by atoms with Crippen LogP contribution in [0.25, 0.3) is 11.0 Å². The van der Waals surface area contributed by atoms with Crippen LogP contribution in [0.3, 0.4) is 0 Å². The summed E-state index contributed by atoms with van der Waals surface area (Å²) in [7, 11) is 3.80. The molecule has 2 atom stereocenters. The maximum atomic E-state index is 13.1. The van der Waals surface area contributed by atoms with Crippen LogP contribution in [0.5, 0.6) is 0 Å². The van der Waals surface area contributed by atoms with Crippen LogP contribution in [0.2, 0.25) is 0 Å². The summed E-state index contributed by atoms with van der Waals surface area (Å²) >= 11 is 0. The van der Waals surface area contributed by atoms with Crippen LogP contribution < -0.4 is 0 Å². The number of carbonyl (C=O) groups is 2. The summed E-state index contributed by atoms with van der Waals surface area (Å²) in [6.07, 6.45) is 3.38. The van der Waals surface area contributed by atoms with E-state index in [1.54, 1.807) is 11.9 Å². The Hall–Kier alpha value is -2.37. The van der Waals surface area contributed by atoms with E-state index in [4.69, 9.17) is 4.98 Å². The van der Waals surface area contributed by atoms with E-state index in [9.17, 15) is 9.59 Å². The molecule has 6 heteroatoms. The fourth-order valence-corrected chi connectivity index (χ4v) is 4.19. The van der Waals surface area contributed by atoms with Crippen molar-refractivity contribution < 1.29 is 9.59 Å². The molecule has 2 amide bonds. The molecule has 0 saturated carbocycles. The van der Waals surface area contributed by atoms with Crippen LogP contribution in [0.4, 0.5) is 0 Å². The summed E-state index contributed by atoms with van der Waals surface area (Å²) in [6.45, 7) is 1.28. The van der Waals surface area contributed by atoms with Gasteiger partial charge in [0, 0.05) is 33.6 Å². The number of benzene rings is 1. The Labute approximate surface area is 147 Å². The van der Waals surface area contributed by atoms with E-state index in [1.165, 1.54) is 0 Å². The van der Waals surface area contributed by atoms with Gasteiger partial charge in [-0.2, -0.15) is 0 Å². The van der Waals surface area contributed by atoms with Gasteiger partial charge in [-0.1, -0.05) is 12.1 Å². The molecular formula is C19H24N4O2. The summed E-state index contributed by atoms with van der Waals surface area (Å²) in [5.74, 6) is 0.906. The minimum atomic E-state index is -0.215. The van der Waals surface area contributed by atoms with Crippen molar-refractivity contribution in [2.45, 2.75) is 31.7 Å². The summed E-state index contributed by atoms with van der Waals surface area (Å²) in [5, 5.41) is 0. The average Bonchev–Trinajstić information content (AvgIpc) is 3.14. The molecule has 0 spiro atoms. The summed E-state index contributed by atoms with van der Waals surface area (Å²) in [4.78, 5) is 33.4. The Bertz CT molecular complexity index is 828. The largest absolute Gasteiger partial charge is 0.345 e. The summed E-state index contributed by atoms with van der Waals surface area (Å²) < 4.78 is 2.11. The van der Waals surface area contributed by atoms with Gasteiger partial charge in [0.1, 0.15) is 5.82 Å². The Morgan fingerprint density at radius 1 is 1.20 bits per heavy atom. The van der Waals surface area contributed by atoms with Gasteiger partial charge >= 0.3 is 0 Å². The van der Waals surface area contributed by atoms with Crippen molar-refractivity contribution in [3.05, 3.63) is 30.1 Å². The van der Waals surface area contributed by atoms with E-state index in [2.05, 4.69) is 10.6 Å². The number of carbonyl (C=O) groups excluding carboxylic acids is 2. The number of aryl methyl sites for hydroxylation is 1. The predicted molar refractivity (Wildman–Crippen MR) is 94.8 cm³/mol. The molecule has 25 heavy (non-hydrogen) atoms. The number of aromatic nitrogens is 2. The third kappa shape index (κ3) is 2.69. The molecule has 132 valence electrons. The molecule has 2 saturated heterocycles.